The normalized spacial score (nSPS) is 10.9. The molecule has 0 heterocycles. The van der Waals surface area contributed by atoms with E-state index in [9.17, 15) is 9.59 Å². The highest BCUT2D eigenvalue weighted by atomic mass is 16.5. The minimum absolute atomic E-state index is 0.0675. The molecule has 5 nitrogen and oxygen atoms in total. The molecule has 26 heavy (non-hydrogen) atoms. The number of carbonyl (C=O) groups is 2. The van der Waals surface area contributed by atoms with Crippen LogP contribution in [0.1, 0.15) is 43.1 Å². The first kappa shape index (κ1) is 19.5. The molecule has 0 aliphatic carbocycles. The van der Waals surface area contributed by atoms with E-state index in [1.807, 2.05) is 24.3 Å². The van der Waals surface area contributed by atoms with E-state index < -0.39 is 0 Å². The summed E-state index contributed by atoms with van der Waals surface area (Å²) in [4.78, 5) is 24.5. The summed E-state index contributed by atoms with van der Waals surface area (Å²) in [6.45, 7) is 6.56. The maximum atomic E-state index is 12.2. The second-order valence-corrected chi connectivity index (χ2v) is 7.05. The number of anilines is 1. The Kier molecular flexibility index (Phi) is 6.39. The lowest BCUT2D eigenvalue weighted by molar-refractivity contribution is -0.116. The monoisotopic (exact) mass is 354 g/mol. The lowest BCUT2D eigenvalue weighted by Crippen LogP contribution is -2.28. The summed E-state index contributed by atoms with van der Waals surface area (Å²) in [6.07, 6.45) is 0.194. The Morgan fingerprint density at radius 3 is 2.35 bits per heavy atom. The Morgan fingerprint density at radius 1 is 1.00 bits per heavy atom. The minimum Gasteiger partial charge on any atom is -0.496 e. The quantitative estimate of drug-likeness (QED) is 0.830. The zero-order valence-electron chi connectivity index (χ0n) is 15.8. The third-order valence-corrected chi connectivity index (χ3v) is 4.00. The topological polar surface area (TPSA) is 67.4 Å². The van der Waals surface area contributed by atoms with E-state index in [0.29, 0.717) is 11.3 Å². The molecule has 0 aliphatic rings. The third kappa shape index (κ3) is 5.09. The summed E-state index contributed by atoms with van der Waals surface area (Å²) in [5, 5.41) is 5.69. The highest BCUT2D eigenvalue weighted by Gasteiger charge is 2.18. The van der Waals surface area contributed by atoms with Gasteiger partial charge in [-0.05, 0) is 29.2 Å². The van der Waals surface area contributed by atoms with E-state index in [-0.39, 0.29) is 30.2 Å². The smallest absolute Gasteiger partial charge is 0.255 e. The molecule has 0 spiro atoms. The second-order valence-electron chi connectivity index (χ2n) is 7.05. The van der Waals surface area contributed by atoms with Gasteiger partial charge in [0.05, 0.1) is 12.7 Å². The average Bonchev–Trinajstić information content (AvgIpc) is 2.61. The lowest BCUT2D eigenvalue weighted by atomic mass is 9.86. The number of hydrogen-bond donors (Lipinski definition) is 2. The van der Waals surface area contributed by atoms with E-state index in [1.54, 1.807) is 24.3 Å². The molecule has 0 aromatic heterocycles. The van der Waals surface area contributed by atoms with Crippen molar-refractivity contribution in [1.82, 2.24) is 5.32 Å². The Hall–Kier alpha value is -2.82. The summed E-state index contributed by atoms with van der Waals surface area (Å²) in [7, 11) is 1.52. The number of rotatable bonds is 6. The number of nitrogens with one attached hydrogen (secondary N) is 2. The molecule has 0 aliphatic heterocycles. The Bertz CT molecular complexity index is 779. The van der Waals surface area contributed by atoms with Crippen LogP contribution in [0.5, 0.6) is 5.75 Å². The molecule has 0 atom stereocenters. The van der Waals surface area contributed by atoms with Gasteiger partial charge >= 0.3 is 0 Å². The molecule has 0 saturated heterocycles. The summed E-state index contributed by atoms with van der Waals surface area (Å²) in [6, 6.07) is 14.8. The van der Waals surface area contributed by atoms with Crippen LogP contribution >= 0.6 is 0 Å². The molecule has 0 unspecified atom stereocenters. The maximum absolute atomic E-state index is 12.2. The van der Waals surface area contributed by atoms with Gasteiger partial charge in [-0.1, -0.05) is 51.1 Å². The van der Waals surface area contributed by atoms with Gasteiger partial charge in [0, 0.05) is 18.7 Å². The number of amides is 2. The van der Waals surface area contributed by atoms with E-state index in [0.717, 1.165) is 11.3 Å². The molecule has 2 N–H and O–H groups in total. The van der Waals surface area contributed by atoms with Crippen molar-refractivity contribution in [1.29, 1.82) is 0 Å². The van der Waals surface area contributed by atoms with E-state index in [1.165, 1.54) is 7.11 Å². The van der Waals surface area contributed by atoms with Crippen LogP contribution in [0.25, 0.3) is 0 Å². The largest absolute Gasteiger partial charge is 0.496 e. The van der Waals surface area contributed by atoms with Gasteiger partial charge in [-0.25, -0.2) is 0 Å². The van der Waals surface area contributed by atoms with Crippen molar-refractivity contribution < 1.29 is 14.3 Å². The lowest BCUT2D eigenvalue weighted by Gasteiger charge is -2.23. The number of hydrogen-bond acceptors (Lipinski definition) is 3. The molecule has 2 aromatic rings. The first-order valence-corrected chi connectivity index (χ1v) is 8.63. The van der Waals surface area contributed by atoms with Crippen LogP contribution in [-0.2, 0) is 10.2 Å². The van der Waals surface area contributed by atoms with Crippen LogP contribution in [0.4, 0.5) is 5.69 Å². The average molecular weight is 354 g/mol. The van der Waals surface area contributed by atoms with Crippen molar-refractivity contribution in [2.45, 2.75) is 32.6 Å². The van der Waals surface area contributed by atoms with Gasteiger partial charge in [-0.3, -0.25) is 9.59 Å². The SMILES string of the molecule is COc1ccccc1C(=O)NCCC(=O)Nc1ccccc1C(C)(C)C. The van der Waals surface area contributed by atoms with Gasteiger partial charge in [0.2, 0.25) is 5.91 Å². The van der Waals surface area contributed by atoms with Gasteiger partial charge < -0.3 is 15.4 Å². The van der Waals surface area contributed by atoms with Crippen molar-refractivity contribution in [3.05, 3.63) is 59.7 Å². The summed E-state index contributed by atoms with van der Waals surface area (Å²) < 4.78 is 5.18. The van der Waals surface area contributed by atoms with Crippen LogP contribution in [0.15, 0.2) is 48.5 Å². The van der Waals surface area contributed by atoms with E-state index >= 15 is 0 Å². The second kappa shape index (κ2) is 8.52. The van der Waals surface area contributed by atoms with Crippen LogP contribution < -0.4 is 15.4 Å². The molecule has 2 rings (SSSR count). The number of para-hydroxylation sites is 2. The highest BCUT2D eigenvalue weighted by molar-refractivity contribution is 5.97. The van der Waals surface area contributed by atoms with Gasteiger partial charge in [-0.2, -0.15) is 0 Å². The molecule has 0 bridgehead atoms. The van der Waals surface area contributed by atoms with Crippen molar-refractivity contribution in [3.8, 4) is 5.75 Å². The van der Waals surface area contributed by atoms with Crippen LogP contribution in [0, 0.1) is 0 Å². The Balaban J connectivity index is 1.91. The Labute approximate surface area is 154 Å². The zero-order valence-corrected chi connectivity index (χ0v) is 15.8. The van der Waals surface area contributed by atoms with Crippen molar-refractivity contribution >= 4 is 17.5 Å². The number of carbonyl (C=O) groups excluding carboxylic acids is 2. The first-order chi connectivity index (χ1) is 12.3. The zero-order chi connectivity index (χ0) is 19.2. The van der Waals surface area contributed by atoms with Crippen molar-refractivity contribution in [2.75, 3.05) is 19.0 Å². The van der Waals surface area contributed by atoms with E-state index in [2.05, 4.69) is 31.4 Å². The van der Waals surface area contributed by atoms with Crippen LogP contribution in [-0.4, -0.2) is 25.5 Å². The van der Waals surface area contributed by atoms with Gasteiger partial charge in [-0.15, -0.1) is 0 Å². The fourth-order valence-electron chi connectivity index (χ4n) is 2.68. The number of ether oxygens (including phenoxy) is 1. The molecular weight excluding hydrogens is 328 g/mol. The molecule has 2 amide bonds. The molecule has 0 radical (unpaired) electrons. The van der Waals surface area contributed by atoms with Gasteiger partial charge in [0.15, 0.2) is 0 Å². The number of methoxy groups -OCH3 is 1. The molecule has 2 aromatic carbocycles. The minimum atomic E-state index is -0.259. The molecular formula is C21H26N2O3. The summed E-state index contributed by atoms with van der Waals surface area (Å²) in [5.41, 5.74) is 2.27. The maximum Gasteiger partial charge on any atom is 0.255 e. The van der Waals surface area contributed by atoms with E-state index in [4.69, 9.17) is 4.74 Å². The molecule has 138 valence electrons. The summed E-state index contributed by atoms with van der Waals surface area (Å²) >= 11 is 0. The Morgan fingerprint density at radius 2 is 1.65 bits per heavy atom. The highest BCUT2D eigenvalue weighted by Crippen LogP contribution is 2.29. The first-order valence-electron chi connectivity index (χ1n) is 8.63. The third-order valence-electron chi connectivity index (χ3n) is 4.00. The van der Waals surface area contributed by atoms with Crippen LogP contribution in [0.2, 0.25) is 0 Å². The standard InChI is InChI=1S/C21H26N2O3/c1-21(2,3)16-10-6-7-11-17(16)23-19(24)13-14-22-20(25)15-9-5-8-12-18(15)26-4/h5-12H,13-14H2,1-4H3,(H,22,25)(H,23,24). The molecule has 5 heteroatoms. The predicted molar refractivity (Wildman–Crippen MR) is 104 cm³/mol. The van der Waals surface area contributed by atoms with Gasteiger partial charge in [0.25, 0.3) is 5.91 Å². The number of benzene rings is 2. The van der Waals surface area contributed by atoms with Crippen molar-refractivity contribution in [2.24, 2.45) is 0 Å². The van der Waals surface area contributed by atoms with Crippen molar-refractivity contribution in [3.63, 3.8) is 0 Å². The van der Waals surface area contributed by atoms with Gasteiger partial charge in [0.1, 0.15) is 5.75 Å². The summed E-state index contributed by atoms with van der Waals surface area (Å²) in [5.74, 6) is 0.112. The fraction of sp³-hybridized carbons (Fsp3) is 0.333. The van der Waals surface area contributed by atoms with Crippen LogP contribution in [0.3, 0.4) is 0 Å². The predicted octanol–water partition coefficient (Wildman–Crippen LogP) is 3.75. The fourth-order valence-corrected chi connectivity index (χ4v) is 2.68. The molecule has 0 fully saturated rings. The molecule has 0 saturated carbocycles.